The van der Waals surface area contributed by atoms with E-state index in [4.69, 9.17) is 4.74 Å². The van der Waals surface area contributed by atoms with Gasteiger partial charge < -0.3 is 19.9 Å². The van der Waals surface area contributed by atoms with Crippen LogP contribution < -0.4 is 19.9 Å². The molecule has 1 aromatic carbocycles. The number of amides is 1. The molecule has 5 nitrogen and oxygen atoms in total. The maximum Gasteiger partial charge on any atom is 0.230 e. The van der Waals surface area contributed by atoms with Crippen LogP contribution in [0.25, 0.3) is 0 Å². The van der Waals surface area contributed by atoms with E-state index in [-0.39, 0.29) is 11.7 Å². The molecule has 1 fully saturated rings. The zero-order valence-electron chi connectivity index (χ0n) is 11.5. The number of nitrogens with zero attached hydrogens (tertiary/aromatic N) is 2. The van der Waals surface area contributed by atoms with Crippen LogP contribution in [0, 0.1) is 5.82 Å². The summed E-state index contributed by atoms with van der Waals surface area (Å²) in [5, 5.41) is 3.27. The lowest BCUT2D eigenvalue weighted by Crippen LogP contribution is -2.43. The summed E-state index contributed by atoms with van der Waals surface area (Å²) >= 11 is 0. The quantitative estimate of drug-likeness (QED) is 0.832. The third-order valence-electron chi connectivity index (χ3n) is 3.77. The largest absolute Gasteiger partial charge is 0.489 e. The monoisotopic (exact) mass is 279 g/mol. The Kier molecular flexibility index (Phi) is 3.48. The molecule has 0 aliphatic carbocycles. The van der Waals surface area contributed by atoms with Crippen molar-refractivity contribution in [1.29, 1.82) is 0 Å². The Labute approximate surface area is 117 Å². The molecule has 1 N–H and O–H groups in total. The molecule has 2 aliphatic heterocycles. The molecule has 20 heavy (non-hydrogen) atoms. The highest BCUT2D eigenvalue weighted by atomic mass is 19.1. The van der Waals surface area contributed by atoms with Crippen molar-refractivity contribution in [1.82, 2.24) is 5.32 Å². The zero-order chi connectivity index (χ0) is 14.1. The number of ether oxygens (including phenoxy) is 1. The molecular formula is C14H18FN3O2. The minimum absolute atomic E-state index is 0.0550. The normalized spacial score (nSPS) is 19.4. The van der Waals surface area contributed by atoms with Gasteiger partial charge in [-0.2, -0.15) is 0 Å². The number of fused-ring (bicyclic) bond motifs is 1. The Morgan fingerprint density at radius 1 is 1.25 bits per heavy atom. The summed E-state index contributed by atoms with van der Waals surface area (Å²) in [6.07, 6.45) is 0.313. The summed E-state index contributed by atoms with van der Waals surface area (Å²) in [7, 11) is 1.66. The number of carbonyl (C=O) groups excluding carboxylic acids is 1. The van der Waals surface area contributed by atoms with Crippen molar-refractivity contribution in [2.75, 3.05) is 49.6 Å². The fourth-order valence-corrected chi connectivity index (χ4v) is 2.65. The van der Waals surface area contributed by atoms with Gasteiger partial charge in [0.15, 0.2) is 5.75 Å². The van der Waals surface area contributed by atoms with E-state index in [0.717, 1.165) is 31.9 Å². The summed E-state index contributed by atoms with van der Waals surface area (Å²) in [6, 6.07) is 2.86. The van der Waals surface area contributed by atoms with Crippen LogP contribution in [0.4, 0.5) is 15.8 Å². The van der Waals surface area contributed by atoms with Gasteiger partial charge in [-0.3, -0.25) is 4.79 Å². The highest BCUT2D eigenvalue weighted by molar-refractivity contribution is 5.96. The van der Waals surface area contributed by atoms with Gasteiger partial charge in [-0.15, -0.1) is 0 Å². The Balaban J connectivity index is 2.06. The fourth-order valence-electron chi connectivity index (χ4n) is 2.65. The molecular weight excluding hydrogens is 261 g/mol. The van der Waals surface area contributed by atoms with Gasteiger partial charge in [0.25, 0.3) is 0 Å². The first-order chi connectivity index (χ1) is 9.66. The lowest BCUT2D eigenvalue weighted by molar-refractivity contribution is -0.118. The van der Waals surface area contributed by atoms with Crippen molar-refractivity contribution in [2.24, 2.45) is 0 Å². The number of halogens is 1. The van der Waals surface area contributed by atoms with Crippen LogP contribution in [-0.4, -0.2) is 45.7 Å². The number of hydrogen-bond donors (Lipinski definition) is 1. The number of carbonyl (C=O) groups is 1. The van der Waals surface area contributed by atoms with Crippen LogP contribution in [-0.2, 0) is 4.79 Å². The van der Waals surface area contributed by atoms with Crippen LogP contribution in [0.15, 0.2) is 12.1 Å². The minimum atomic E-state index is -0.345. The lowest BCUT2D eigenvalue weighted by atomic mass is 10.2. The van der Waals surface area contributed by atoms with Gasteiger partial charge in [0, 0.05) is 45.4 Å². The second kappa shape index (κ2) is 5.28. The van der Waals surface area contributed by atoms with Crippen molar-refractivity contribution in [2.45, 2.75) is 6.42 Å². The topological polar surface area (TPSA) is 44.8 Å². The minimum Gasteiger partial charge on any atom is -0.489 e. The fraction of sp³-hybridized carbons (Fsp3) is 0.500. The highest BCUT2D eigenvalue weighted by Crippen LogP contribution is 2.40. The predicted octanol–water partition coefficient (Wildman–Crippen LogP) is 0.981. The molecule has 2 heterocycles. The molecule has 0 bridgehead atoms. The van der Waals surface area contributed by atoms with Crippen LogP contribution in [0.5, 0.6) is 5.75 Å². The van der Waals surface area contributed by atoms with E-state index in [0.29, 0.717) is 24.5 Å². The van der Waals surface area contributed by atoms with Crippen LogP contribution >= 0.6 is 0 Å². The molecule has 2 aliphatic rings. The first-order valence-corrected chi connectivity index (χ1v) is 6.85. The number of anilines is 2. The maximum atomic E-state index is 13.9. The number of nitrogens with one attached hydrogen (secondary N) is 1. The lowest BCUT2D eigenvalue weighted by Gasteiger charge is -2.31. The summed E-state index contributed by atoms with van der Waals surface area (Å²) in [5.74, 6) is 0.213. The van der Waals surface area contributed by atoms with E-state index in [9.17, 15) is 9.18 Å². The average Bonchev–Trinajstić information content (AvgIpc) is 2.60. The molecule has 0 aromatic heterocycles. The molecule has 0 atom stereocenters. The first-order valence-electron chi connectivity index (χ1n) is 6.85. The molecule has 3 rings (SSSR count). The van der Waals surface area contributed by atoms with E-state index in [1.54, 1.807) is 7.05 Å². The van der Waals surface area contributed by atoms with E-state index in [1.807, 2.05) is 0 Å². The van der Waals surface area contributed by atoms with Gasteiger partial charge in [-0.05, 0) is 0 Å². The van der Waals surface area contributed by atoms with Crippen molar-refractivity contribution in [3.8, 4) is 5.75 Å². The van der Waals surface area contributed by atoms with E-state index in [1.165, 1.54) is 17.0 Å². The van der Waals surface area contributed by atoms with Crippen LogP contribution in [0.2, 0.25) is 0 Å². The zero-order valence-corrected chi connectivity index (χ0v) is 11.5. The van der Waals surface area contributed by atoms with E-state index < -0.39 is 0 Å². The summed E-state index contributed by atoms with van der Waals surface area (Å²) < 4.78 is 19.6. The van der Waals surface area contributed by atoms with Gasteiger partial charge in [0.2, 0.25) is 5.91 Å². The van der Waals surface area contributed by atoms with Crippen molar-refractivity contribution >= 4 is 17.3 Å². The van der Waals surface area contributed by atoms with Crippen LogP contribution in [0.3, 0.4) is 0 Å². The predicted molar refractivity (Wildman–Crippen MR) is 75.0 cm³/mol. The number of hydrogen-bond acceptors (Lipinski definition) is 4. The number of rotatable bonds is 1. The average molecular weight is 279 g/mol. The molecule has 0 unspecified atom stereocenters. The Hall–Kier alpha value is -1.82. The van der Waals surface area contributed by atoms with Crippen molar-refractivity contribution < 1.29 is 13.9 Å². The van der Waals surface area contributed by atoms with Crippen molar-refractivity contribution in [3.63, 3.8) is 0 Å². The van der Waals surface area contributed by atoms with Gasteiger partial charge in [0.05, 0.1) is 24.4 Å². The highest BCUT2D eigenvalue weighted by Gasteiger charge is 2.26. The van der Waals surface area contributed by atoms with Gasteiger partial charge in [-0.25, -0.2) is 4.39 Å². The molecule has 1 amide bonds. The summed E-state index contributed by atoms with van der Waals surface area (Å²) in [6.45, 7) is 3.66. The summed E-state index contributed by atoms with van der Waals surface area (Å²) in [4.78, 5) is 15.5. The van der Waals surface area contributed by atoms with Crippen molar-refractivity contribution in [3.05, 3.63) is 17.9 Å². The Morgan fingerprint density at radius 3 is 2.70 bits per heavy atom. The maximum absolute atomic E-state index is 13.9. The SMILES string of the molecule is CN1C(=O)CCOc2c(N3CCNCC3)cc(F)cc21. The number of benzene rings is 1. The van der Waals surface area contributed by atoms with E-state index in [2.05, 4.69) is 10.2 Å². The standard InChI is InChI=1S/C14H18FN3O2/c1-17-11-8-10(15)9-12(18-5-3-16-4-6-18)14(11)20-7-2-13(17)19/h8-9,16H,2-7H2,1H3. The molecule has 0 radical (unpaired) electrons. The molecule has 108 valence electrons. The Bertz CT molecular complexity index is 529. The first kappa shape index (κ1) is 13.2. The van der Waals surface area contributed by atoms with Gasteiger partial charge in [0.1, 0.15) is 5.82 Å². The Morgan fingerprint density at radius 2 is 1.95 bits per heavy atom. The molecule has 0 spiro atoms. The van der Waals surface area contributed by atoms with Gasteiger partial charge >= 0.3 is 0 Å². The second-order valence-corrected chi connectivity index (χ2v) is 5.06. The molecule has 6 heteroatoms. The van der Waals surface area contributed by atoms with E-state index >= 15 is 0 Å². The molecule has 0 saturated carbocycles. The number of piperazine rings is 1. The summed E-state index contributed by atoms with van der Waals surface area (Å²) in [5.41, 5.74) is 1.25. The second-order valence-electron chi connectivity index (χ2n) is 5.06. The molecule has 1 aromatic rings. The third-order valence-corrected chi connectivity index (χ3v) is 3.77. The third kappa shape index (κ3) is 2.31. The van der Waals surface area contributed by atoms with Crippen LogP contribution in [0.1, 0.15) is 6.42 Å². The smallest absolute Gasteiger partial charge is 0.230 e. The molecule has 1 saturated heterocycles. The van der Waals surface area contributed by atoms with Gasteiger partial charge in [-0.1, -0.05) is 0 Å².